The summed E-state index contributed by atoms with van der Waals surface area (Å²) >= 11 is 0. The number of nitrogens with zero attached hydrogens (tertiary/aromatic N) is 2. The molecule has 1 aromatic rings. The van der Waals surface area contributed by atoms with E-state index in [1.54, 1.807) is 11.9 Å². The number of nitrogens with one attached hydrogen (secondary N) is 1. The van der Waals surface area contributed by atoms with Crippen LogP contribution >= 0.6 is 0 Å². The Morgan fingerprint density at radius 2 is 1.92 bits per heavy atom. The molecule has 2 fully saturated rings. The molecular formula is C17H26N3O3S+. The zero-order chi connectivity index (χ0) is 17.2. The molecule has 132 valence electrons. The number of carbonyl (C=O) groups excluding carboxylic acids is 1. The predicted molar refractivity (Wildman–Crippen MR) is 94.0 cm³/mol. The number of likely N-dealkylation sites (N-methyl/N-ethyl adjacent to an activating group) is 1. The first-order valence-corrected chi connectivity index (χ1v) is 10.4. The van der Waals surface area contributed by atoms with E-state index in [4.69, 9.17) is 0 Å². The van der Waals surface area contributed by atoms with Gasteiger partial charge in [0, 0.05) is 18.8 Å². The topological polar surface area (TPSA) is 62.1 Å². The van der Waals surface area contributed by atoms with Gasteiger partial charge < -0.3 is 14.7 Å². The van der Waals surface area contributed by atoms with Crippen LogP contribution < -0.4 is 9.80 Å². The summed E-state index contributed by atoms with van der Waals surface area (Å²) in [5.74, 6) is 0.379. The van der Waals surface area contributed by atoms with E-state index < -0.39 is 9.84 Å². The van der Waals surface area contributed by atoms with Crippen LogP contribution in [0.4, 0.5) is 5.69 Å². The van der Waals surface area contributed by atoms with Gasteiger partial charge in [0.25, 0.3) is 5.91 Å². The van der Waals surface area contributed by atoms with Crippen LogP contribution in [-0.4, -0.2) is 76.5 Å². The van der Waals surface area contributed by atoms with E-state index >= 15 is 0 Å². The van der Waals surface area contributed by atoms with Gasteiger partial charge in [0.1, 0.15) is 0 Å². The number of rotatable bonds is 4. The van der Waals surface area contributed by atoms with E-state index in [-0.39, 0.29) is 23.5 Å². The first-order chi connectivity index (χ1) is 11.4. The van der Waals surface area contributed by atoms with Gasteiger partial charge in [0.05, 0.1) is 37.7 Å². The van der Waals surface area contributed by atoms with Crippen LogP contribution in [0, 0.1) is 0 Å². The van der Waals surface area contributed by atoms with Crippen LogP contribution in [0.1, 0.15) is 6.42 Å². The summed E-state index contributed by atoms with van der Waals surface area (Å²) in [6.07, 6.45) is 0.571. The molecule has 0 saturated carbocycles. The summed E-state index contributed by atoms with van der Waals surface area (Å²) in [7, 11) is -1.21. The van der Waals surface area contributed by atoms with Crippen molar-refractivity contribution in [2.75, 3.05) is 56.2 Å². The van der Waals surface area contributed by atoms with E-state index in [9.17, 15) is 13.2 Å². The van der Waals surface area contributed by atoms with Crippen molar-refractivity contribution >= 4 is 21.4 Å². The summed E-state index contributed by atoms with van der Waals surface area (Å²) in [6.45, 7) is 4.19. The number of carbonyl (C=O) groups is 1. The maximum absolute atomic E-state index is 12.5. The number of amides is 1. The quantitative estimate of drug-likeness (QED) is 0.758. The van der Waals surface area contributed by atoms with Crippen LogP contribution in [0.15, 0.2) is 30.3 Å². The third kappa shape index (κ3) is 4.08. The van der Waals surface area contributed by atoms with Crippen LogP contribution in [0.3, 0.4) is 0 Å². The Morgan fingerprint density at radius 3 is 2.50 bits per heavy atom. The zero-order valence-electron chi connectivity index (χ0n) is 14.1. The number of piperazine rings is 1. The van der Waals surface area contributed by atoms with Gasteiger partial charge in [-0.05, 0) is 18.6 Å². The molecule has 0 unspecified atom stereocenters. The van der Waals surface area contributed by atoms with Crippen molar-refractivity contribution in [3.05, 3.63) is 30.3 Å². The van der Waals surface area contributed by atoms with Crippen LogP contribution in [0.25, 0.3) is 0 Å². The minimum absolute atomic E-state index is 0.0558. The molecule has 2 saturated heterocycles. The van der Waals surface area contributed by atoms with Crippen molar-refractivity contribution in [1.29, 1.82) is 0 Å². The fourth-order valence-electron chi connectivity index (χ4n) is 3.52. The molecule has 0 aromatic heterocycles. The first kappa shape index (κ1) is 17.2. The van der Waals surface area contributed by atoms with Crippen molar-refractivity contribution in [1.82, 2.24) is 4.90 Å². The van der Waals surface area contributed by atoms with Crippen LogP contribution in [0.5, 0.6) is 0 Å². The molecule has 7 heteroatoms. The fraction of sp³-hybridized carbons (Fsp3) is 0.588. The van der Waals surface area contributed by atoms with E-state index in [0.717, 1.165) is 26.2 Å². The number of hydrogen-bond donors (Lipinski definition) is 1. The lowest BCUT2D eigenvalue weighted by atomic mass is 10.2. The van der Waals surface area contributed by atoms with Crippen LogP contribution in [0.2, 0.25) is 0 Å². The number of quaternary nitrogens is 1. The smallest absolute Gasteiger partial charge is 0.277 e. The van der Waals surface area contributed by atoms with Gasteiger partial charge in [-0.15, -0.1) is 0 Å². The number of benzene rings is 1. The molecule has 2 aliphatic rings. The SMILES string of the molecule is CN(C(=O)C[NH+]1CCN(c2ccccc2)CC1)[C@H]1CCS(=O)(=O)C1. The maximum atomic E-state index is 12.5. The molecule has 2 aliphatic heterocycles. The molecule has 1 N–H and O–H groups in total. The van der Waals surface area contributed by atoms with Gasteiger partial charge in [0.2, 0.25) is 0 Å². The van der Waals surface area contributed by atoms with Crippen molar-refractivity contribution in [2.24, 2.45) is 0 Å². The predicted octanol–water partition coefficient (Wildman–Crippen LogP) is -0.963. The average molecular weight is 352 g/mol. The van der Waals surface area contributed by atoms with Crippen molar-refractivity contribution in [3.63, 3.8) is 0 Å². The summed E-state index contributed by atoms with van der Waals surface area (Å²) in [4.78, 5) is 17.7. The lowest BCUT2D eigenvalue weighted by Gasteiger charge is -2.34. The second kappa shape index (κ2) is 7.11. The Bertz CT molecular complexity index is 670. The van der Waals surface area contributed by atoms with Gasteiger partial charge in [-0.3, -0.25) is 4.79 Å². The Hall–Kier alpha value is -1.60. The normalized spacial score (nSPS) is 24.0. The summed E-state index contributed by atoms with van der Waals surface area (Å²) in [5.41, 5.74) is 1.23. The van der Waals surface area contributed by atoms with Crippen molar-refractivity contribution in [2.45, 2.75) is 12.5 Å². The molecule has 0 aliphatic carbocycles. The van der Waals surface area contributed by atoms with Crippen molar-refractivity contribution in [3.8, 4) is 0 Å². The number of para-hydroxylation sites is 1. The third-order valence-corrected chi connectivity index (χ3v) is 6.89. The number of sulfone groups is 1. The Kier molecular flexibility index (Phi) is 5.10. The minimum Gasteiger partial charge on any atom is -0.360 e. The molecule has 0 spiro atoms. The van der Waals surface area contributed by atoms with Gasteiger partial charge in [-0.25, -0.2) is 8.42 Å². The molecule has 1 amide bonds. The Morgan fingerprint density at radius 1 is 1.25 bits per heavy atom. The molecule has 2 heterocycles. The lowest BCUT2D eigenvalue weighted by molar-refractivity contribution is -0.892. The summed E-state index contributed by atoms with van der Waals surface area (Å²) < 4.78 is 23.2. The van der Waals surface area contributed by atoms with E-state index in [0.29, 0.717) is 13.0 Å². The Balaban J connectivity index is 1.48. The molecule has 0 bridgehead atoms. The van der Waals surface area contributed by atoms with E-state index in [2.05, 4.69) is 17.0 Å². The van der Waals surface area contributed by atoms with Gasteiger partial charge in [0.15, 0.2) is 16.4 Å². The second-order valence-electron chi connectivity index (χ2n) is 6.81. The van der Waals surface area contributed by atoms with E-state index in [1.807, 2.05) is 18.2 Å². The number of anilines is 1. The highest BCUT2D eigenvalue weighted by Gasteiger charge is 2.34. The van der Waals surface area contributed by atoms with Gasteiger partial charge in [-0.2, -0.15) is 0 Å². The molecule has 24 heavy (non-hydrogen) atoms. The average Bonchev–Trinajstić information content (AvgIpc) is 2.95. The first-order valence-electron chi connectivity index (χ1n) is 8.54. The van der Waals surface area contributed by atoms with E-state index in [1.165, 1.54) is 10.6 Å². The highest BCUT2D eigenvalue weighted by molar-refractivity contribution is 7.91. The monoisotopic (exact) mass is 352 g/mol. The Labute approximate surface area is 144 Å². The molecular weight excluding hydrogens is 326 g/mol. The highest BCUT2D eigenvalue weighted by Crippen LogP contribution is 2.16. The third-order valence-electron chi connectivity index (χ3n) is 5.14. The number of hydrogen-bond acceptors (Lipinski definition) is 4. The maximum Gasteiger partial charge on any atom is 0.277 e. The molecule has 0 radical (unpaired) electrons. The molecule has 6 nitrogen and oxygen atoms in total. The minimum atomic E-state index is -2.95. The standard InChI is InChI=1S/C17H25N3O3S/c1-18(16-7-12-24(22,23)14-16)17(21)13-19-8-10-20(11-9-19)15-5-3-2-4-6-15/h2-6,16H,7-14H2,1H3/p+1/t16-/m0/s1. The largest absolute Gasteiger partial charge is 0.360 e. The summed E-state index contributed by atoms with van der Waals surface area (Å²) in [6, 6.07) is 10.2. The van der Waals surface area contributed by atoms with Crippen LogP contribution in [-0.2, 0) is 14.6 Å². The highest BCUT2D eigenvalue weighted by atomic mass is 32.2. The molecule has 1 aromatic carbocycles. The molecule has 3 rings (SSSR count). The lowest BCUT2D eigenvalue weighted by Crippen LogP contribution is -3.16. The van der Waals surface area contributed by atoms with Gasteiger partial charge >= 0.3 is 0 Å². The van der Waals surface area contributed by atoms with Crippen molar-refractivity contribution < 1.29 is 18.1 Å². The molecule has 1 atom stereocenters. The fourth-order valence-corrected chi connectivity index (χ4v) is 5.29. The summed E-state index contributed by atoms with van der Waals surface area (Å²) in [5, 5.41) is 0. The second-order valence-corrected chi connectivity index (χ2v) is 9.04. The van der Waals surface area contributed by atoms with Gasteiger partial charge in [-0.1, -0.05) is 18.2 Å². The zero-order valence-corrected chi connectivity index (χ0v) is 15.0.